The first-order chi connectivity index (χ1) is 9.60. The Bertz CT molecular complexity index is 473. The molecular formula is C16H25N3O. The average molecular weight is 275 g/mol. The van der Waals surface area contributed by atoms with E-state index in [1.165, 1.54) is 6.42 Å². The molecule has 1 saturated heterocycles. The lowest BCUT2D eigenvalue weighted by Gasteiger charge is -2.14. The molecule has 1 aliphatic heterocycles. The van der Waals surface area contributed by atoms with Crippen LogP contribution in [-0.2, 0) is 0 Å². The molecule has 0 spiro atoms. The Hall–Kier alpha value is -1.55. The molecular weight excluding hydrogens is 250 g/mol. The molecule has 1 aromatic carbocycles. The Labute approximate surface area is 121 Å². The molecule has 0 saturated carbocycles. The average Bonchev–Trinajstić information content (AvgIpc) is 2.82. The van der Waals surface area contributed by atoms with Gasteiger partial charge in [0.25, 0.3) is 5.91 Å². The topological polar surface area (TPSA) is 44.4 Å². The highest BCUT2D eigenvalue weighted by Gasteiger charge is 2.20. The molecule has 1 atom stereocenters. The van der Waals surface area contributed by atoms with E-state index >= 15 is 0 Å². The molecule has 2 N–H and O–H groups in total. The van der Waals surface area contributed by atoms with Crippen LogP contribution >= 0.6 is 0 Å². The Morgan fingerprint density at radius 1 is 1.45 bits per heavy atom. The molecule has 0 aromatic heterocycles. The van der Waals surface area contributed by atoms with E-state index in [4.69, 9.17) is 0 Å². The zero-order valence-electron chi connectivity index (χ0n) is 12.7. The van der Waals surface area contributed by atoms with Crippen molar-refractivity contribution in [1.82, 2.24) is 10.2 Å². The summed E-state index contributed by atoms with van der Waals surface area (Å²) in [5.74, 6) is 0.604. The summed E-state index contributed by atoms with van der Waals surface area (Å²) in [7, 11) is 2.13. The van der Waals surface area contributed by atoms with E-state index in [9.17, 15) is 4.79 Å². The number of nitrogens with one attached hydrogen (secondary N) is 2. The first kappa shape index (κ1) is 14.9. The van der Waals surface area contributed by atoms with Crippen LogP contribution in [0.2, 0.25) is 0 Å². The van der Waals surface area contributed by atoms with Crippen LogP contribution in [0.5, 0.6) is 0 Å². The molecule has 1 aliphatic rings. The van der Waals surface area contributed by atoms with Crippen LogP contribution < -0.4 is 10.6 Å². The van der Waals surface area contributed by atoms with Crippen molar-refractivity contribution < 1.29 is 4.79 Å². The third-order valence-electron chi connectivity index (χ3n) is 3.83. The van der Waals surface area contributed by atoms with Crippen molar-refractivity contribution in [3.05, 3.63) is 29.3 Å². The van der Waals surface area contributed by atoms with E-state index in [1.54, 1.807) is 0 Å². The highest BCUT2D eigenvalue weighted by molar-refractivity contribution is 5.99. The number of nitrogens with zero attached hydrogens (tertiary/aromatic N) is 1. The first-order valence-corrected chi connectivity index (χ1v) is 7.41. The molecule has 1 aromatic rings. The minimum atomic E-state index is 0.0236. The fourth-order valence-corrected chi connectivity index (χ4v) is 2.72. The predicted molar refractivity (Wildman–Crippen MR) is 83.3 cm³/mol. The molecule has 1 unspecified atom stereocenters. The van der Waals surface area contributed by atoms with Crippen molar-refractivity contribution in [2.75, 3.05) is 38.5 Å². The maximum absolute atomic E-state index is 12.3. The van der Waals surface area contributed by atoms with Gasteiger partial charge in [-0.05, 0) is 57.5 Å². The van der Waals surface area contributed by atoms with Gasteiger partial charge in [-0.1, -0.05) is 6.07 Å². The lowest BCUT2D eigenvalue weighted by atomic mass is 10.1. The standard InChI is InChI=1S/C16H25N3O/c1-4-17-15-9-12(2)5-6-14(15)16(20)18-10-13-7-8-19(3)11-13/h5-6,9,13,17H,4,7-8,10-11H2,1-3H3,(H,18,20). The normalized spacial score (nSPS) is 19.1. The second kappa shape index (κ2) is 6.75. The van der Waals surface area contributed by atoms with Gasteiger partial charge in [-0.15, -0.1) is 0 Å². The largest absolute Gasteiger partial charge is 0.385 e. The van der Waals surface area contributed by atoms with Crippen LogP contribution in [0.4, 0.5) is 5.69 Å². The van der Waals surface area contributed by atoms with Gasteiger partial charge in [-0.25, -0.2) is 0 Å². The van der Waals surface area contributed by atoms with Crippen LogP contribution in [0.25, 0.3) is 0 Å². The van der Waals surface area contributed by atoms with Crippen molar-refractivity contribution in [2.45, 2.75) is 20.3 Å². The van der Waals surface area contributed by atoms with Gasteiger partial charge in [0.2, 0.25) is 0 Å². The molecule has 2 rings (SSSR count). The number of hydrogen-bond donors (Lipinski definition) is 2. The van der Waals surface area contributed by atoms with E-state index in [0.29, 0.717) is 5.92 Å². The zero-order valence-corrected chi connectivity index (χ0v) is 12.7. The Balaban J connectivity index is 1.98. The summed E-state index contributed by atoms with van der Waals surface area (Å²) in [5.41, 5.74) is 2.83. The molecule has 1 heterocycles. The fourth-order valence-electron chi connectivity index (χ4n) is 2.72. The molecule has 0 radical (unpaired) electrons. The molecule has 0 aliphatic carbocycles. The molecule has 0 bridgehead atoms. The van der Waals surface area contributed by atoms with Crippen LogP contribution in [0.15, 0.2) is 18.2 Å². The lowest BCUT2D eigenvalue weighted by molar-refractivity contribution is 0.0948. The maximum Gasteiger partial charge on any atom is 0.253 e. The van der Waals surface area contributed by atoms with Crippen molar-refractivity contribution >= 4 is 11.6 Å². The smallest absolute Gasteiger partial charge is 0.253 e. The van der Waals surface area contributed by atoms with Gasteiger partial charge in [0.05, 0.1) is 5.56 Å². The molecule has 20 heavy (non-hydrogen) atoms. The van der Waals surface area contributed by atoms with Crippen molar-refractivity contribution in [3.8, 4) is 0 Å². The fraction of sp³-hybridized carbons (Fsp3) is 0.562. The van der Waals surface area contributed by atoms with Gasteiger partial charge in [0.15, 0.2) is 0 Å². The monoisotopic (exact) mass is 275 g/mol. The Morgan fingerprint density at radius 3 is 2.90 bits per heavy atom. The van der Waals surface area contributed by atoms with E-state index in [1.807, 2.05) is 32.0 Å². The van der Waals surface area contributed by atoms with Crippen molar-refractivity contribution in [1.29, 1.82) is 0 Å². The van der Waals surface area contributed by atoms with Gasteiger partial charge in [0, 0.05) is 25.3 Å². The van der Waals surface area contributed by atoms with Crippen LogP contribution in [0.3, 0.4) is 0 Å². The predicted octanol–water partition coefficient (Wildman–Crippen LogP) is 2.11. The van der Waals surface area contributed by atoms with E-state index in [-0.39, 0.29) is 5.91 Å². The van der Waals surface area contributed by atoms with Crippen LogP contribution in [-0.4, -0.2) is 44.0 Å². The number of likely N-dealkylation sites (tertiary alicyclic amines) is 1. The van der Waals surface area contributed by atoms with E-state index < -0.39 is 0 Å². The lowest BCUT2D eigenvalue weighted by Crippen LogP contribution is -2.31. The summed E-state index contributed by atoms with van der Waals surface area (Å²) in [4.78, 5) is 14.6. The van der Waals surface area contributed by atoms with Gasteiger partial charge in [-0.2, -0.15) is 0 Å². The second-order valence-corrected chi connectivity index (χ2v) is 5.71. The number of aryl methyl sites for hydroxylation is 1. The summed E-state index contributed by atoms with van der Waals surface area (Å²) >= 11 is 0. The minimum Gasteiger partial charge on any atom is -0.385 e. The Morgan fingerprint density at radius 2 is 2.25 bits per heavy atom. The number of benzene rings is 1. The number of rotatable bonds is 5. The van der Waals surface area contributed by atoms with E-state index in [2.05, 4.69) is 22.6 Å². The third kappa shape index (κ3) is 3.73. The van der Waals surface area contributed by atoms with Gasteiger partial charge in [-0.3, -0.25) is 4.79 Å². The highest BCUT2D eigenvalue weighted by atomic mass is 16.1. The van der Waals surface area contributed by atoms with Crippen LogP contribution in [0, 0.1) is 12.8 Å². The number of carbonyl (C=O) groups excluding carboxylic acids is 1. The number of hydrogen-bond acceptors (Lipinski definition) is 3. The molecule has 4 nitrogen and oxygen atoms in total. The SMILES string of the molecule is CCNc1cc(C)ccc1C(=O)NCC1CCN(C)C1. The van der Waals surface area contributed by atoms with Gasteiger partial charge < -0.3 is 15.5 Å². The van der Waals surface area contributed by atoms with Crippen LogP contribution in [0.1, 0.15) is 29.3 Å². The minimum absolute atomic E-state index is 0.0236. The summed E-state index contributed by atoms with van der Waals surface area (Å²) in [6.45, 7) is 7.87. The van der Waals surface area contributed by atoms with Gasteiger partial charge in [0.1, 0.15) is 0 Å². The second-order valence-electron chi connectivity index (χ2n) is 5.71. The number of anilines is 1. The molecule has 1 amide bonds. The highest BCUT2D eigenvalue weighted by Crippen LogP contribution is 2.18. The quantitative estimate of drug-likeness (QED) is 0.865. The summed E-state index contributed by atoms with van der Waals surface area (Å²) < 4.78 is 0. The van der Waals surface area contributed by atoms with E-state index in [0.717, 1.165) is 43.0 Å². The Kier molecular flexibility index (Phi) is 5.01. The summed E-state index contributed by atoms with van der Waals surface area (Å²) in [6.07, 6.45) is 1.17. The zero-order chi connectivity index (χ0) is 14.5. The first-order valence-electron chi connectivity index (χ1n) is 7.41. The molecule has 1 fully saturated rings. The number of carbonyl (C=O) groups is 1. The molecule has 4 heteroatoms. The maximum atomic E-state index is 12.3. The van der Waals surface area contributed by atoms with Gasteiger partial charge >= 0.3 is 0 Å². The third-order valence-corrected chi connectivity index (χ3v) is 3.83. The summed E-state index contributed by atoms with van der Waals surface area (Å²) in [5, 5.41) is 6.34. The summed E-state index contributed by atoms with van der Waals surface area (Å²) in [6, 6.07) is 5.92. The molecule has 110 valence electrons. The van der Waals surface area contributed by atoms with Crippen molar-refractivity contribution in [3.63, 3.8) is 0 Å². The van der Waals surface area contributed by atoms with Crippen molar-refractivity contribution in [2.24, 2.45) is 5.92 Å². The number of amides is 1.